The van der Waals surface area contributed by atoms with E-state index in [9.17, 15) is 15.0 Å². The molecule has 2 atom stereocenters. The molecule has 0 amide bonds. The van der Waals surface area contributed by atoms with Gasteiger partial charge in [0, 0.05) is 23.2 Å². The van der Waals surface area contributed by atoms with E-state index in [1.54, 1.807) is 6.26 Å². The molecular formula is C10H13N5O4S. The Balaban J connectivity index is 2.99. The average Bonchev–Trinajstić information content (AvgIpc) is 2.45. The zero-order valence-electron chi connectivity index (χ0n) is 10.5. The fourth-order valence-electron chi connectivity index (χ4n) is 1.46. The summed E-state index contributed by atoms with van der Waals surface area (Å²) in [7, 11) is 0. The van der Waals surface area contributed by atoms with E-state index in [0.29, 0.717) is 0 Å². The molecule has 10 heteroatoms. The van der Waals surface area contributed by atoms with Crippen LogP contribution in [0.3, 0.4) is 0 Å². The molecule has 20 heavy (non-hydrogen) atoms. The van der Waals surface area contributed by atoms with Gasteiger partial charge in [-0.3, -0.25) is 0 Å². The molecule has 1 rings (SSSR count). The first-order valence-corrected chi connectivity index (χ1v) is 6.75. The standard InChI is InChI=1S/C10H13N5O4S/c1-20-10-12-4-5(7(14-10)9(18)19)8(17)6(16)2-3-13-15-11/h4,6,8,16-17H,2-3H2,1H3,(H,18,19). The summed E-state index contributed by atoms with van der Waals surface area (Å²) in [6.07, 6.45) is 0.109. The molecule has 0 saturated carbocycles. The number of aromatic nitrogens is 2. The van der Waals surface area contributed by atoms with Crippen LogP contribution >= 0.6 is 11.8 Å². The largest absolute Gasteiger partial charge is 0.476 e. The molecule has 108 valence electrons. The first-order chi connectivity index (χ1) is 9.51. The molecule has 1 aromatic heterocycles. The second-order valence-corrected chi connectivity index (χ2v) is 4.49. The summed E-state index contributed by atoms with van der Waals surface area (Å²) in [5.41, 5.74) is 7.68. The molecule has 1 heterocycles. The van der Waals surface area contributed by atoms with Gasteiger partial charge in [-0.1, -0.05) is 16.9 Å². The van der Waals surface area contributed by atoms with Crippen molar-refractivity contribution < 1.29 is 20.1 Å². The van der Waals surface area contributed by atoms with Crippen molar-refractivity contribution in [2.45, 2.75) is 23.8 Å². The Hall–Kier alpha value is -1.87. The lowest BCUT2D eigenvalue weighted by molar-refractivity contribution is 0.0134. The van der Waals surface area contributed by atoms with Crippen LogP contribution in [0.25, 0.3) is 10.4 Å². The van der Waals surface area contributed by atoms with E-state index < -0.39 is 18.2 Å². The Labute approximate surface area is 118 Å². The van der Waals surface area contributed by atoms with Crippen LogP contribution in [-0.4, -0.2) is 50.2 Å². The van der Waals surface area contributed by atoms with Gasteiger partial charge >= 0.3 is 5.97 Å². The molecule has 0 saturated heterocycles. The lowest BCUT2D eigenvalue weighted by Gasteiger charge is -2.18. The Morgan fingerprint density at radius 3 is 2.85 bits per heavy atom. The monoisotopic (exact) mass is 299 g/mol. The average molecular weight is 299 g/mol. The van der Waals surface area contributed by atoms with Gasteiger partial charge in [-0.25, -0.2) is 14.8 Å². The molecule has 0 radical (unpaired) electrons. The second kappa shape index (κ2) is 7.65. The Kier molecular flexibility index (Phi) is 6.19. The summed E-state index contributed by atoms with van der Waals surface area (Å²) in [6, 6.07) is 0. The van der Waals surface area contributed by atoms with Crippen LogP contribution in [0.4, 0.5) is 0 Å². The highest BCUT2D eigenvalue weighted by Crippen LogP contribution is 2.23. The quantitative estimate of drug-likeness (QED) is 0.223. The van der Waals surface area contributed by atoms with Gasteiger partial charge in [-0.15, -0.1) is 0 Å². The number of aromatic carboxylic acids is 1. The predicted octanol–water partition coefficient (Wildman–Crippen LogP) is 0.991. The number of thioether (sulfide) groups is 1. The van der Waals surface area contributed by atoms with Gasteiger partial charge < -0.3 is 15.3 Å². The Morgan fingerprint density at radius 1 is 1.60 bits per heavy atom. The third-order valence-corrected chi connectivity index (χ3v) is 3.01. The number of carboxylic acid groups (broad SMARTS) is 1. The van der Waals surface area contributed by atoms with Crippen LogP contribution in [0.1, 0.15) is 28.6 Å². The fourth-order valence-corrected chi connectivity index (χ4v) is 1.80. The van der Waals surface area contributed by atoms with Gasteiger partial charge in [0.25, 0.3) is 0 Å². The highest BCUT2D eigenvalue weighted by atomic mass is 32.2. The maximum atomic E-state index is 11.1. The van der Waals surface area contributed by atoms with E-state index in [4.69, 9.17) is 10.6 Å². The molecule has 9 nitrogen and oxygen atoms in total. The van der Waals surface area contributed by atoms with E-state index in [1.165, 1.54) is 6.20 Å². The maximum Gasteiger partial charge on any atom is 0.355 e. The minimum Gasteiger partial charge on any atom is -0.476 e. The summed E-state index contributed by atoms with van der Waals surface area (Å²) in [4.78, 5) is 21.3. The first-order valence-electron chi connectivity index (χ1n) is 5.52. The molecule has 0 aliphatic heterocycles. The summed E-state index contributed by atoms with van der Waals surface area (Å²) >= 11 is 1.16. The van der Waals surface area contributed by atoms with Crippen LogP contribution in [0.15, 0.2) is 16.5 Å². The molecule has 0 aliphatic rings. The van der Waals surface area contributed by atoms with Crippen LogP contribution in [-0.2, 0) is 0 Å². The molecular weight excluding hydrogens is 286 g/mol. The lowest BCUT2D eigenvalue weighted by atomic mass is 10.0. The van der Waals surface area contributed by atoms with E-state index in [1.807, 2.05) is 0 Å². The topological polar surface area (TPSA) is 152 Å². The number of rotatable bonds is 7. The van der Waals surface area contributed by atoms with Crippen LogP contribution in [0, 0.1) is 0 Å². The van der Waals surface area contributed by atoms with Crippen molar-refractivity contribution in [1.29, 1.82) is 0 Å². The van der Waals surface area contributed by atoms with E-state index in [-0.39, 0.29) is 29.4 Å². The van der Waals surface area contributed by atoms with Crippen molar-refractivity contribution in [2.24, 2.45) is 5.11 Å². The number of hydrogen-bond donors (Lipinski definition) is 3. The number of carbonyl (C=O) groups is 1. The number of aliphatic hydroxyl groups is 2. The molecule has 0 aliphatic carbocycles. The maximum absolute atomic E-state index is 11.1. The molecule has 2 unspecified atom stereocenters. The minimum absolute atomic E-state index is 0.00539. The normalized spacial score (nSPS) is 13.3. The number of hydrogen-bond acceptors (Lipinski definition) is 7. The second-order valence-electron chi connectivity index (χ2n) is 3.72. The van der Waals surface area contributed by atoms with Crippen LogP contribution in [0.2, 0.25) is 0 Å². The van der Waals surface area contributed by atoms with Crippen LogP contribution in [0.5, 0.6) is 0 Å². The van der Waals surface area contributed by atoms with Gasteiger partial charge in [0.2, 0.25) is 0 Å². The number of carboxylic acids is 1. The highest BCUT2D eigenvalue weighted by Gasteiger charge is 2.25. The van der Waals surface area contributed by atoms with Gasteiger partial charge in [0.05, 0.1) is 6.10 Å². The van der Waals surface area contributed by atoms with Crippen molar-refractivity contribution in [3.63, 3.8) is 0 Å². The zero-order chi connectivity index (χ0) is 15.1. The number of nitrogens with zero attached hydrogens (tertiary/aromatic N) is 5. The lowest BCUT2D eigenvalue weighted by Crippen LogP contribution is -2.22. The molecule has 0 fully saturated rings. The molecule has 0 spiro atoms. The highest BCUT2D eigenvalue weighted by molar-refractivity contribution is 7.98. The van der Waals surface area contributed by atoms with Crippen molar-refractivity contribution >= 4 is 17.7 Å². The number of azide groups is 1. The van der Waals surface area contributed by atoms with Crippen molar-refractivity contribution in [3.05, 3.63) is 27.9 Å². The Morgan fingerprint density at radius 2 is 2.30 bits per heavy atom. The van der Waals surface area contributed by atoms with Crippen molar-refractivity contribution in [2.75, 3.05) is 12.8 Å². The molecule has 3 N–H and O–H groups in total. The smallest absolute Gasteiger partial charge is 0.355 e. The van der Waals surface area contributed by atoms with E-state index in [0.717, 1.165) is 11.8 Å². The van der Waals surface area contributed by atoms with Gasteiger partial charge in [0.1, 0.15) is 6.10 Å². The van der Waals surface area contributed by atoms with Gasteiger partial charge in [-0.2, -0.15) is 0 Å². The Bertz CT molecular complexity index is 534. The van der Waals surface area contributed by atoms with Gasteiger partial charge in [0.15, 0.2) is 10.9 Å². The van der Waals surface area contributed by atoms with Crippen molar-refractivity contribution in [1.82, 2.24) is 9.97 Å². The van der Waals surface area contributed by atoms with E-state index >= 15 is 0 Å². The molecule has 1 aromatic rings. The number of aliphatic hydroxyl groups excluding tert-OH is 2. The SMILES string of the molecule is CSc1ncc(C(O)C(O)CCN=[N+]=[N-])c(C(=O)O)n1. The fraction of sp³-hybridized carbons (Fsp3) is 0.500. The third kappa shape index (κ3) is 4.07. The molecule has 0 bridgehead atoms. The summed E-state index contributed by atoms with van der Waals surface area (Å²) in [6.45, 7) is -0.0130. The predicted molar refractivity (Wildman–Crippen MR) is 70.4 cm³/mol. The zero-order valence-corrected chi connectivity index (χ0v) is 11.4. The van der Waals surface area contributed by atoms with E-state index in [2.05, 4.69) is 20.0 Å². The summed E-state index contributed by atoms with van der Waals surface area (Å²) in [5.74, 6) is -1.32. The van der Waals surface area contributed by atoms with Crippen LogP contribution < -0.4 is 0 Å². The van der Waals surface area contributed by atoms with Crippen molar-refractivity contribution in [3.8, 4) is 0 Å². The minimum atomic E-state index is -1.47. The third-order valence-electron chi connectivity index (χ3n) is 2.45. The summed E-state index contributed by atoms with van der Waals surface area (Å²) < 4.78 is 0. The first kappa shape index (κ1) is 16.2. The van der Waals surface area contributed by atoms with Gasteiger partial charge in [-0.05, 0) is 18.2 Å². The summed E-state index contributed by atoms with van der Waals surface area (Å²) in [5, 5.41) is 32.2. The molecule has 0 aromatic carbocycles.